The lowest BCUT2D eigenvalue weighted by Crippen LogP contribution is -2.47. The van der Waals surface area contributed by atoms with Gasteiger partial charge in [0.2, 0.25) is 0 Å². The van der Waals surface area contributed by atoms with E-state index in [-0.39, 0.29) is 0 Å². The maximum absolute atomic E-state index is 12.3. The SMILES string of the molecule is C[C@](O)(C(=O)c1ccccc1)[C@@H](O)CCc1ccccc1. The number of benzene rings is 2. The standard InChI is InChI=1S/C18H20O3/c1-18(21,17(20)15-10-6-3-7-11-15)16(19)13-12-14-8-4-2-5-9-14/h2-11,16,19,21H,12-13H2,1H3/t16-,18+/m0/s1. The lowest BCUT2D eigenvalue weighted by atomic mass is 9.86. The van der Waals surface area contributed by atoms with Crippen LogP contribution in [-0.2, 0) is 6.42 Å². The van der Waals surface area contributed by atoms with Crippen LogP contribution in [0, 0.1) is 0 Å². The van der Waals surface area contributed by atoms with Crippen LogP contribution in [-0.4, -0.2) is 27.7 Å². The van der Waals surface area contributed by atoms with Gasteiger partial charge >= 0.3 is 0 Å². The molecule has 0 unspecified atom stereocenters. The van der Waals surface area contributed by atoms with Gasteiger partial charge in [0.25, 0.3) is 0 Å². The maximum Gasteiger partial charge on any atom is 0.196 e. The van der Waals surface area contributed by atoms with Crippen molar-refractivity contribution in [3.63, 3.8) is 0 Å². The van der Waals surface area contributed by atoms with E-state index >= 15 is 0 Å². The van der Waals surface area contributed by atoms with Gasteiger partial charge in [-0.1, -0.05) is 60.7 Å². The van der Waals surface area contributed by atoms with E-state index in [1.165, 1.54) is 6.92 Å². The van der Waals surface area contributed by atoms with Crippen molar-refractivity contribution in [2.24, 2.45) is 0 Å². The molecular formula is C18H20O3. The van der Waals surface area contributed by atoms with E-state index in [2.05, 4.69) is 0 Å². The van der Waals surface area contributed by atoms with Crippen molar-refractivity contribution in [2.75, 3.05) is 0 Å². The molecule has 3 nitrogen and oxygen atoms in total. The average Bonchev–Trinajstić information content (AvgIpc) is 2.53. The fraction of sp³-hybridized carbons (Fsp3) is 0.278. The summed E-state index contributed by atoms with van der Waals surface area (Å²) < 4.78 is 0. The molecule has 2 aromatic carbocycles. The van der Waals surface area contributed by atoms with Crippen molar-refractivity contribution in [2.45, 2.75) is 31.5 Å². The highest BCUT2D eigenvalue weighted by atomic mass is 16.3. The number of hydrogen-bond donors (Lipinski definition) is 2. The Bertz CT molecular complexity index is 576. The summed E-state index contributed by atoms with van der Waals surface area (Å²) in [7, 11) is 0. The Morgan fingerprint density at radius 2 is 1.57 bits per heavy atom. The van der Waals surface area contributed by atoms with Crippen LogP contribution in [0.1, 0.15) is 29.3 Å². The molecule has 0 heterocycles. The topological polar surface area (TPSA) is 57.5 Å². The first-order valence-electron chi connectivity index (χ1n) is 7.06. The van der Waals surface area contributed by atoms with Crippen molar-refractivity contribution in [1.82, 2.24) is 0 Å². The minimum atomic E-state index is -1.78. The molecule has 0 bridgehead atoms. The zero-order valence-corrected chi connectivity index (χ0v) is 12.1. The number of ketones is 1. The first-order valence-corrected chi connectivity index (χ1v) is 7.06. The first kappa shape index (κ1) is 15.4. The number of carbonyl (C=O) groups excluding carboxylic acids is 1. The van der Waals surface area contributed by atoms with Gasteiger partial charge in [-0.15, -0.1) is 0 Å². The molecule has 0 saturated heterocycles. The number of hydrogen-bond acceptors (Lipinski definition) is 3. The van der Waals surface area contributed by atoms with Gasteiger partial charge in [0, 0.05) is 5.56 Å². The summed E-state index contributed by atoms with van der Waals surface area (Å²) >= 11 is 0. The molecule has 2 rings (SSSR count). The molecule has 0 radical (unpaired) electrons. The molecule has 110 valence electrons. The fourth-order valence-corrected chi connectivity index (χ4v) is 2.26. The predicted octanol–water partition coefficient (Wildman–Crippen LogP) is 2.61. The van der Waals surface area contributed by atoms with E-state index < -0.39 is 17.5 Å². The number of aliphatic hydroxyl groups is 2. The third-order valence-electron chi connectivity index (χ3n) is 3.69. The van der Waals surface area contributed by atoms with Crippen LogP contribution >= 0.6 is 0 Å². The molecule has 2 N–H and O–H groups in total. The van der Waals surface area contributed by atoms with Crippen LogP contribution in [0.25, 0.3) is 0 Å². The van der Waals surface area contributed by atoms with E-state index in [9.17, 15) is 15.0 Å². The van der Waals surface area contributed by atoms with Crippen molar-refractivity contribution in [3.05, 3.63) is 71.8 Å². The quantitative estimate of drug-likeness (QED) is 0.802. The van der Waals surface area contributed by atoms with Gasteiger partial charge in [0.05, 0.1) is 6.10 Å². The number of aryl methyl sites for hydroxylation is 1. The molecule has 21 heavy (non-hydrogen) atoms. The molecule has 2 atom stereocenters. The van der Waals surface area contributed by atoms with E-state index in [4.69, 9.17) is 0 Å². The second-order valence-corrected chi connectivity index (χ2v) is 5.38. The first-order chi connectivity index (χ1) is 10.0. The zero-order valence-electron chi connectivity index (χ0n) is 12.1. The van der Waals surface area contributed by atoms with Crippen LogP contribution in [0.15, 0.2) is 60.7 Å². The zero-order chi connectivity index (χ0) is 15.3. The van der Waals surface area contributed by atoms with E-state index in [1.807, 2.05) is 30.3 Å². The van der Waals surface area contributed by atoms with Crippen LogP contribution in [0.2, 0.25) is 0 Å². The molecule has 0 aliphatic rings. The van der Waals surface area contributed by atoms with Crippen LogP contribution in [0.4, 0.5) is 0 Å². The summed E-state index contributed by atoms with van der Waals surface area (Å²) in [6.45, 7) is 1.37. The Kier molecular flexibility index (Phi) is 4.89. The minimum absolute atomic E-state index is 0.329. The molecule has 0 aliphatic heterocycles. The monoisotopic (exact) mass is 284 g/mol. The summed E-state index contributed by atoms with van der Waals surface area (Å²) in [5, 5.41) is 20.6. The molecule has 0 saturated carbocycles. The van der Waals surface area contributed by atoms with E-state index in [1.54, 1.807) is 30.3 Å². The summed E-state index contributed by atoms with van der Waals surface area (Å²) in [6.07, 6.45) is -0.166. The summed E-state index contributed by atoms with van der Waals surface area (Å²) in [4.78, 5) is 12.3. The van der Waals surface area contributed by atoms with Gasteiger partial charge in [-0.2, -0.15) is 0 Å². The second kappa shape index (κ2) is 6.66. The third kappa shape index (κ3) is 3.78. The van der Waals surface area contributed by atoms with Gasteiger partial charge < -0.3 is 10.2 Å². The van der Waals surface area contributed by atoms with E-state index in [0.29, 0.717) is 18.4 Å². The molecule has 2 aromatic rings. The van der Waals surface area contributed by atoms with Crippen molar-refractivity contribution in [3.8, 4) is 0 Å². The largest absolute Gasteiger partial charge is 0.390 e. The summed E-state index contributed by atoms with van der Waals surface area (Å²) in [5.41, 5.74) is -0.309. The van der Waals surface area contributed by atoms with Gasteiger partial charge in [-0.05, 0) is 25.3 Å². The number of aliphatic hydroxyl groups excluding tert-OH is 1. The summed E-state index contributed by atoms with van der Waals surface area (Å²) in [6, 6.07) is 18.2. The van der Waals surface area contributed by atoms with Crippen molar-refractivity contribution >= 4 is 5.78 Å². The highest BCUT2D eigenvalue weighted by molar-refractivity contribution is 6.02. The molecule has 0 aromatic heterocycles. The van der Waals surface area contributed by atoms with Crippen LogP contribution < -0.4 is 0 Å². The highest BCUT2D eigenvalue weighted by Crippen LogP contribution is 2.21. The average molecular weight is 284 g/mol. The number of carbonyl (C=O) groups is 1. The smallest absolute Gasteiger partial charge is 0.196 e. The second-order valence-electron chi connectivity index (χ2n) is 5.38. The van der Waals surface area contributed by atoms with Gasteiger partial charge in [-0.25, -0.2) is 0 Å². The fourth-order valence-electron chi connectivity index (χ4n) is 2.26. The van der Waals surface area contributed by atoms with Crippen LogP contribution in [0.5, 0.6) is 0 Å². The minimum Gasteiger partial charge on any atom is -0.390 e. The predicted molar refractivity (Wildman–Crippen MR) is 82.2 cm³/mol. The molecular weight excluding hydrogens is 264 g/mol. The Labute approximate surface area is 124 Å². The molecule has 0 fully saturated rings. The normalized spacial score (nSPS) is 15.2. The molecule has 3 heteroatoms. The molecule has 0 spiro atoms. The summed E-state index contributed by atoms with van der Waals surface area (Å²) in [5.74, 6) is -0.455. The highest BCUT2D eigenvalue weighted by Gasteiger charge is 2.38. The lowest BCUT2D eigenvalue weighted by Gasteiger charge is -2.27. The Morgan fingerprint density at radius 3 is 2.14 bits per heavy atom. The van der Waals surface area contributed by atoms with Gasteiger partial charge in [0.15, 0.2) is 11.4 Å². The molecule has 0 amide bonds. The maximum atomic E-state index is 12.3. The third-order valence-corrected chi connectivity index (χ3v) is 3.69. The Morgan fingerprint density at radius 1 is 1.05 bits per heavy atom. The lowest BCUT2D eigenvalue weighted by molar-refractivity contribution is -0.0423. The number of Topliss-reactive ketones (excluding diaryl/α,β-unsaturated/α-hetero) is 1. The van der Waals surface area contributed by atoms with Gasteiger partial charge in [0.1, 0.15) is 0 Å². The Hall–Kier alpha value is -1.97. The molecule has 0 aliphatic carbocycles. The number of rotatable bonds is 6. The van der Waals surface area contributed by atoms with E-state index in [0.717, 1.165) is 5.56 Å². The van der Waals surface area contributed by atoms with Crippen LogP contribution in [0.3, 0.4) is 0 Å². The van der Waals surface area contributed by atoms with Gasteiger partial charge in [-0.3, -0.25) is 4.79 Å². The van der Waals surface area contributed by atoms with Crippen molar-refractivity contribution in [1.29, 1.82) is 0 Å². The Balaban J connectivity index is 2.03. The van der Waals surface area contributed by atoms with Crippen molar-refractivity contribution < 1.29 is 15.0 Å².